The van der Waals surface area contributed by atoms with Gasteiger partial charge < -0.3 is 10.2 Å². The molecule has 25 heavy (non-hydrogen) atoms. The third-order valence-electron chi connectivity index (χ3n) is 5.13. The molecule has 1 aliphatic heterocycles. The maximum Gasteiger partial charge on any atom is 0.232 e. The predicted molar refractivity (Wildman–Crippen MR) is 103 cm³/mol. The van der Waals surface area contributed by atoms with Crippen molar-refractivity contribution in [1.29, 1.82) is 0 Å². The molecule has 132 valence electrons. The summed E-state index contributed by atoms with van der Waals surface area (Å²) >= 11 is 5.99. The second-order valence-electron chi connectivity index (χ2n) is 7.25. The Morgan fingerprint density at radius 2 is 1.84 bits per heavy atom. The zero-order valence-corrected chi connectivity index (χ0v) is 15.8. The van der Waals surface area contributed by atoms with Crippen LogP contribution in [0.3, 0.4) is 0 Å². The van der Waals surface area contributed by atoms with E-state index in [9.17, 15) is 4.79 Å². The zero-order chi connectivity index (χ0) is 18.0. The monoisotopic (exact) mass is 356 g/mol. The average molecular weight is 357 g/mol. The number of hydrogen-bond acceptors (Lipinski definition) is 2. The molecule has 0 bridgehead atoms. The van der Waals surface area contributed by atoms with Crippen LogP contribution in [0.1, 0.15) is 36.6 Å². The molecule has 1 saturated heterocycles. The van der Waals surface area contributed by atoms with Crippen LogP contribution in [0.25, 0.3) is 0 Å². The fraction of sp³-hybridized carbons (Fsp3) is 0.381. The Morgan fingerprint density at radius 1 is 1.16 bits per heavy atom. The second-order valence-corrected chi connectivity index (χ2v) is 7.68. The molecule has 1 heterocycles. The van der Waals surface area contributed by atoms with E-state index in [2.05, 4.69) is 30.4 Å². The van der Waals surface area contributed by atoms with Gasteiger partial charge in [0.15, 0.2) is 0 Å². The molecule has 0 aromatic heterocycles. The van der Waals surface area contributed by atoms with Gasteiger partial charge in [-0.2, -0.15) is 0 Å². The van der Waals surface area contributed by atoms with Crippen molar-refractivity contribution in [1.82, 2.24) is 10.2 Å². The van der Waals surface area contributed by atoms with Crippen molar-refractivity contribution in [3.05, 3.63) is 70.2 Å². The van der Waals surface area contributed by atoms with Crippen molar-refractivity contribution in [2.75, 3.05) is 19.6 Å². The minimum Gasteiger partial charge on any atom is -0.339 e. The predicted octanol–water partition coefficient (Wildman–Crippen LogP) is 4.10. The lowest BCUT2D eigenvalue weighted by Gasteiger charge is -2.39. The van der Waals surface area contributed by atoms with E-state index in [1.165, 1.54) is 11.1 Å². The number of amides is 1. The third-order valence-corrected chi connectivity index (χ3v) is 5.38. The summed E-state index contributed by atoms with van der Waals surface area (Å²) in [5.41, 5.74) is 2.95. The molecular weight excluding hydrogens is 332 g/mol. The average Bonchev–Trinajstić information content (AvgIpc) is 2.62. The topological polar surface area (TPSA) is 32.3 Å². The number of carbonyl (C=O) groups is 1. The van der Waals surface area contributed by atoms with Crippen LogP contribution in [-0.2, 0) is 10.2 Å². The Balaban J connectivity index is 1.80. The molecule has 0 aliphatic carbocycles. The molecule has 3 nitrogen and oxygen atoms in total. The highest BCUT2D eigenvalue weighted by molar-refractivity contribution is 6.30. The molecule has 1 fully saturated rings. The van der Waals surface area contributed by atoms with E-state index in [-0.39, 0.29) is 11.9 Å². The van der Waals surface area contributed by atoms with Gasteiger partial charge >= 0.3 is 0 Å². The van der Waals surface area contributed by atoms with Crippen molar-refractivity contribution >= 4 is 17.5 Å². The molecule has 4 heteroatoms. The van der Waals surface area contributed by atoms with Gasteiger partial charge in [-0.15, -0.1) is 0 Å². The Bertz CT molecular complexity index is 755. The van der Waals surface area contributed by atoms with Crippen LogP contribution in [0.15, 0.2) is 48.5 Å². The number of nitrogens with one attached hydrogen (secondary N) is 1. The van der Waals surface area contributed by atoms with E-state index < -0.39 is 5.41 Å². The van der Waals surface area contributed by atoms with Crippen LogP contribution < -0.4 is 5.32 Å². The SMILES string of the molecule is Cc1ccccc1C1CN(C(=O)C(C)(C)c2ccc(Cl)cc2)CCN1. The van der Waals surface area contributed by atoms with Gasteiger partial charge in [0.05, 0.1) is 11.5 Å². The van der Waals surface area contributed by atoms with Crippen molar-refractivity contribution in [3.63, 3.8) is 0 Å². The van der Waals surface area contributed by atoms with Crippen LogP contribution in [0.4, 0.5) is 0 Å². The van der Waals surface area contributed by atoms with Crippen molar-refractivity contribution in [2.24, 2.45) is 0 Å². The van der Waals surface area contributed by atoms with Gasteiger partial charge in [-0.05, 0) is 49.6 Å². The lowest BCUT2D eigenvalue weighted by atomic mass is 9.82. The zero-order valence-electron chi connectivity index (χ0n) is 15.1. The summed E-state index contributed by atoms with van der Waals surface area (Å²) in [7, 11) is 0. The van der Waals surface area contributed by atoms with Gasteiger partial charge in [-0.3, -0.25) is 4.79 Å². The van der Waals surface area contributed by atoms with Crippen molar-refractivity contribution in [3.8, 4) is 0 Å². The minimum absolute atomic E-state index is 0.162. The highest BCUT2D eigenvalue weighted by Crippen LogP contribution is 2.29. The summed E-state index contributed by atoms with van der Waals surface area (Å²) in [6.07, 6.45) is 0. The number of hydrogen-bond donors (Lipinski definition) is 1. The van der Waals surface area contributed by atoms with E-state index in [1.807, 2.05) is 49.1 Å². The lowest BCUT2D eigenvalue weighted by molar-refractivity contribution is -0.137. The van der Waals surface area contributed by atoms with E-state index in [4.69, 9.17) is 11.6 Å². The first-order chi connectivity index (χ1) is 11.9. The summed E-state index contributed by atoms with van der Waals surface area (Å²) in [4.78, 5) is 15.2. The van der Waals surface area contributed by atoms with Crippen LogP contribution in [0.5, 0.6) is 0 Å². The van der Waals surface area contributed by atoms with Crippen LogP contribution in [0, 0.1) is 6.92 Å². The maximum atomic E-state index is 13.2. The maximum absolute atomic E-state index is 13.2. The summed E-state index contributed by atoms with van der Waals surface area (Å²) in [5, 5.41) is 4.24. The van der Waals surface area contributed by atoms with Crippen molar-refractivity contribution in [2.45, 2.75) is 32.2 Å². The summed E-state index contributed by atoms with van der Waals surface area (Å²) in [5.74, 6) is 0.162. The summed E-state index contributed by atoms with van der Waals surface area (Å²) in [6.45, 7) is 8.34. The second kappa shape index (κ2) is 7.19. The van der Waals surface area contributed by atoms with Crippen LogP contribution in [0.2, 0.25) is 5.02 Å². The van der Waals surface area contributed by atoms with Gasteiger partial charge in [-0.1, -0.05) is 48.0 Å². The van der Waals surface area contributed by atoms with Crippen LogP contribution in [-0.4, -0.2) is 30.4 Å². The van der Waals surface area contributed by atoms with Gasteiger partial charge in [0.1, 0.15) is 0 Å². The highest BCUT2D eigenvalue weighted by atomic mass is 35.5. The molecular formula is C21H25ClN2O. The molecule has 1 unspecified atom stereocenters. The van der Waals surface area contributed by atoms with Crippen molar-refractivity contribution < 1.29 is 4.79 Å². The minimum atomic E-state index is -0.571. The number of piperazine rings is 1. The Kier molecular flexibility index (Phi) is 5.16. The molecule has 1 aliphatic rings. The van der Waals surface area contributed by atoms with E-state index in [0.717, 1.165) is 18.7 Å². The smallest absolute Gasteiger partial charge is 0.232 e. The third kappa shape index (κ3) is 3.73. The first-order valence-electron chi connectivity index (χ1n) is 8.74. The number of aryl methyl sites for hydroxylation is 1. The fourth-order valence-corrected chi connectivity index (χ4v) is 3.63. The number of rotatable bonds is 3. The fourth-order valence-electron chi connectivity index (χ4n) is 3.51. The molecule has 0 spiro atoms. The molecule has 1 N–H and O–H groups in total. The highest BCUT2D eigenvalue weighted by Gasteiger charge is 2.36. The number of carbonyl (C=O) groups excluding carboxylic acids is 1. The first kappa shape index (κ1) is 18.0. The number of benzene rings is 2. The largest absolute Gasteiger partial charge is 0.339 e. The van der Waals surface area contributed by atoms with Gasteiger partial charge in [0.2, 0.25) is 5.91 Å². The molecule has 3 rings (SSSR count). The summed E-state index contributed by atoms with van der Waals surface area (Å²) in [6, 6.07) is 16.1. The Morgan fingerprint density at radius 3 is 2.52 bits per heavy atom. The molecule has 0 radical (unpaired) electrons. The molecule has 2 aromatic rings. The molecule has 1 amide bonds. The Labute approximate surface area is 155 Å². The Hall–Kier alpha value is -1.84. The molecule has 2 aromatic carbocycles. The van der Waals surface area contributed by atoms with E-state index >= 15 is 0 Å². The van der Waals surface area contributed by atoms with Gasteiger partial charge in [0.25, 0.3) is 0 Å². The first-order valence-corrected chi connectivity index (χ1v) is 9.12. The van der Waals surface area contributed by atoms with E-state index in [1.54, 1.807) is 0 Å². The van der Waals surface area contributed by atoms with Gasteiger partial charge in [-0.25, -0.2) is 0 Å². The molecule has 1 atom stereocenters. The lowest BCUT2D eigenvalue weighted by Crippen LogP contribution is -2.53. The summed E-state index contributed by atoms with van der Waals surface area (Å²) < 4.78 is 0. The quantitative estimate of drug-likeness (QED) is 0.898. The molecule has 0 saturated carbocycles. The van der Waals surface area contributed by atoms with E-state index in [0.29, 0.717) is 11.6 Å². The number of nitrogens with zero attached hydrogens (tertiary/aromatic N) is 1. The van der Waals surface area contributed by atoms with Gasteiger partial charge in [0, 0.05) is 24.7 Å². The standard InChI is InChI=1S/C21H25ClN2O/c1-15-6-4-5-7-18(15)19-14-24(13-12-23-19)20(25)21(2,3)16-8-10-17(22)11-9-16/h4-11,19,23H,12-14H2,1-3H3. The van der Waals surface area contributed by atoms with Crippen LogP contribution >= 0.6 is 11.6 Å². The number of halogens is 1. The normalized spacial score (nSPS) is 18.2.